The van der Waals surface area contributed by atoms with Crippen LogP contribution in [0.25, 0.3) is 90.6 Å². The molecule has 0 amide bonds. The lowest BCUT2D eigenvalue weighted by molar-refractivity contribution is 0.418. The van der Waals surface area contributed by atoms with Gasteiger partial charge in [0.2, 0.25) is 0 Å². The Labute approximate surface area is 397 Å². The molecule has 0 fully saturated rings. The van der Waals surface area contributed by atoms with Crippen LogP contribution in [0.2, 0.25) is 0 Å². The van der Waals surface area contributed by atoms with Gasteiger partial charge < -0.3 is 4.74 Å². The molecule has 0 radical (unpaired) electrons. The number of rotatable bonds is 8. The van der Waals surface area contributed by atoms with Gasteiger partial charge >= 0.3 is 0 Å². The summed E-state index contributed by atoms with van der Waals surface area (Å²) in [6, 6.07) is 63.2. The summed E-state index contributed by atoms with van der Waals surface area (Å²) >= 11 is 0. The van der Waals surface area contributed by atoms with Gasteiger partial charge in [0.25, 0.3) is 0 Å². The Hall–Kier alpha value is -8.42. The van der Waals surface area contributed by atoms with E-state index >= 15 is 0 Å². The maximum Gasteiger partial charge on any atom is 0.164 e. The second-order valence-electron chi connectivity index (χ2n) is 18.4. The molecule has 10 aromatic rings. The van der Waals surface area contributed by atoms with Gasteiger partial charge in [0.15, 0.2) is 34.9 Å². The predicted octanol–water partition coefficient (Wildman–Crippen LogP) is 15.1. The van der Waals surface area contributed by atoms with Crippen molar-refractivity contribution in [3.8, 4) is 102 Å². The van der Waals surface area contributed by atoms with Crippen molar-refractivity contribution in [1.82, 2.24) is 29.9 Å². The van der Waals surface area contributed by atoms with Crippen molar-refractivity contribution in [2.24, 2.45) is 0 Å². The summed E-state index contributed by atoms with van der Waals surface area (Å²) in [6.45, 7) is 12.9. The average molecular weight is 881 g/mol. The fraction of sp³-hybridized carbons (Fsp3) is 0.115. The summed E-state index contributed by atoms with van der Waals surface area (Å²) in [5.74, 6) is 5.57. The Balaban J connectivity index is 0.878. The van der Waals surface area contributed by atoms with Gasteiger partial charge in [-0.2, -0.15) is 0 Å². The molecule has 0 spiro atoms. The van der Waals surface area contributed by atoms with Crippen molar-refractivity contribution < 1.29 is 4.74 Å². The second-order valence-corrected chi connectivity index (χ2v) is 18.4. The fourth-order valence-corrected chi connectivity index (χ4v) is 8.80. The summed E-state index contributed by atoms with van der Waals surface area (Å²) in [7, 11) is 0. The van der Waals surface area contributed by atoms with Crippen LogP contribution in [0.15, 0.2) is 182 Å². The standard InChI is InChI=1S/C61H48N6O/c1-37-7-15-43(16-8-37)55-62-56(44-17-9-38(2)10-18-44)65-59(64-55)47-27-23-41(24-28-47)49-31-33-53-51(35-49)61(5,6)52-36-50(32-34-54(52)68-53)42-25-29-48(30-26-42)60-66-57(45-19-11-39(3)12-20-45)63-58(67-60)46-21-13-40(4)14-22-46/h7-36H,1-6H3. The van der Waals surface area contributed by atoms with Gasteiger partial charge in [-0.25, -0.2) is 29.9 Å². The summed E-state index contributed by atoms with van der Waals surface area (Å²) < 4.78 is 6.62. The number of aryl methyl sites for hydroxylation is 4. The Kier molecular flexibility index (Phi) is 10.6. The third kappa shape index (κ3) is 8.24. The molecule has 7 nitrogen and oxygen atoms in total. The van der Waals surface area contributed by atoms with Crippen LogP contribution in [0.4, 0.5) is 0 Å². The van der Waals surface area contributed by atoms with Crippen molar-refractivity contribution >= 4 is 0 Å². The maximum absolute atomic E-state index is 6.62. The van der Waals surface area contributed by atoms with Gasteiger partial charge in [0, 0.05) is 49.9 Å². The van der Waals surface area contributed by atoms with Crippen LogP contribution < -0.4 is 4.74 Å². The minimum absolute atomic E-state index is 0.345. The smallest absolute Gasteiger partial charge is 0.164 e. The molecular weight excluding hydrogens is 833 g/mol. The Morgan fingerprint density at radius 3 is 0.721 bits per heavy atom. The normalized spacial score (nSPS) is 12.5. The molecule has 0 unspecified atom stereocenters. The SMILES string of the molecule is Cc1ccc(-c2nc(-c3ccc(C)cc3)nc(-c3ccc(-c4ccc5c(c4)C(C)(C)c4cc(-c6ccc(-c7nc(-c8ccc(C)cc8)nc(-c8ccc(C)cc8)n7)cc6)ccc4O5)cc3)n2)cc1. The molecule has 7 heteroatoms. The molecule has 1 aliphatic heterocycles. The lowest BCUT2D eigenvalue weighted by Crippen LogP contribution is -2.24. The number of hydrogen-bond acceptors (Lipinski definition) is 7. The number of hydrogen-bond donors (Lipinski definition) is 0. The molecule has 328 valence electrons. The van der Waals surface area contributed by atoms with Gasteiger partial charge in [0.05, 0.1) is 0 Å². The van der Waals surface area contributed by atoms with Crippen LogP contribution in [0.1, 0.15) is 47.2 Å². The molecule has 3 heterocycles. The predicted molar refractivity (Wildman–Crippen MR) is 274 cm³/mol. The first-order valence-corrected chi connectivity index (χ1v) is 23.0. The van der Waals surface area contributed by atoms with Gasteiger partial charge in [-0.15, -0.1) is 0 Å². The molecule has 1 aliphatic rings. The Morgan fingerprint density at radius 1 is 0.265 bits per heavy atom. The van der Waals surface area contributed by atoms with E-state index in [0.29, 0.717) is 34.9 Å². The molecule has 0 saturated carbocycles. The van der Waals surface area contributed by atoms with Crippen LogP contribution in [0.3, 0.4) is 0 Å². The van der Waals surface area contributed by atoms with Crippen LogP contribution in [0, 0.1) is 27.7 Å². The van der Waals surface area contributed by atoms with E-state index in [0.717, 1.165) is 78.3 Å². The molecule has 0 atom stereocenters. The highest BCUT2D eigenvalue weighted by molar-refractivity contribution is 5.76. The van der Waals surface area contributed by atoms with Gasteiger partial charge in [0.1, 0.15) is 11.5 Å². The molecular formula is C61H48N6O. The van der Waals surface area contributed by atoms with Crippen LogP contribution in [-0.4, -0.2) is 29.9 Å². The quantitative estimate of drug-likeness (QED) is 0.150. The molecule has 68 heavy (non-hydrogen) atoms. The molecule has 8 aromatic carbocycles. The molecule has 2 aromatic heterocycles. The minimum atomic E-state index is -0.345. The first kappa shape index (κ1) is 42.2. The topological polar surface area (TPSA) is 86.6 Å². The minimum Gasteiger partial charge on any atom is -0.457 e. The Bertz CT molecular complexity index is 3130. The molecule has 11 rings (SSSR count). The molecule has 0 aliphatic carbocycles. The Morgan fingerprint density at radius 2 is 0.471 bits per heavy atom. The first-order chi connectivity index (χ1) is 33.0. The van der Waals surface area contributed by atoms with Crippen LogP contribution in [-0.2, 0) is 5.41 Å². The van der Waals surface area contributed by atoms with E-state index in [1.54, 1.807) is 0 Å². The number of fused-ring (bicyclic) bond motifs is 2. The van der Waals surface area contributed by atoms with Crippen molar-refractivity contribution in [2.75, 3.05) is 0 Å². The third-order valence-electron chi connectivity index (χ3n) is 13.0. The molecule has 0 bridgehead atoms. The second kappa shape index (κ2) is 17.1. The number of benzene rings is 8. The average Bonchev–Trinajstić information content (AvgIpc) is 3.37. The zero-order valence-corrected chi connectivity index (χ0v) is 38.9. The van der Waals surface area contributed by atoms with E-state index in [4.69, 9.17) is 34.6 Å². The van der Waals surface area contributed by atoms with Gasteiger partial charge in [-0.1, -0.05) is 194 Å². The largest absolute Gasteiger partial charge is 0.457 e. The van der Waals surface area contributed by atoms with E-state index in [-0.39, 0.29) is 5.41 Å². The number of ether oxygens (including phenoxy) is 1. The van der Waals surface area contributed by atoms with Gasteiger partial charge in [-0.05, 0) is 74.2 Å². The maximum atomic E-state index is 6.62. The lowest BCUT2D eigenvalue weighted by Gasteiger charge is -2.35. The first-order valence-electron chi connectivity index (χ1n) is 23.0. The van der Waals surface area contributed by atoms with Gasteiger partial charge in [-0.3, -0.25) is 0 Å². The monoisotopic (exact) mass is 880 g/mol. The van der Waals surface area contributed by atoms with Crippen molar-refractivity contribution in [1.29, 1.82) is 0 Å². The summed E-state index contributed by atoms with van der Waals surface area (Å²) in [5.41, 5.74) is 16.7. The molecule has 0 N–H and O–H groups in total. The van der Waals surface area contributed by atoms with E-state index in [2.05, 4.69) is 224 Å². The van der Waals surface area contributed by atoms with Crippen molar-refractivity contribution in [2.45, 2.75) is 47.0 Å². The highest BCUT2D eigenvalue weighted by atomic mass is 16.5. The van der Waals surface area contributed by atoms with E-state index in [9.17, 15) is 0 Å². The summed E-state index contributed by atoms with van der Waals surface area (Å²) in [5, 5.41) is 0. The highest BCUT2D eigenvalue weighted by Gasteiger charge is 2.35. The van der Waals surface area contributed by atoms with Crippen LogP contribution >= 0.6 is 0 Å². The van der Waals surface area contributed by atoms with E-state index < -0.39 is 0 Å². The highest BCUT2D eigenvalue weighted by Crippen LogP contribution is 2.50. The zero-order valence-electron chi connectivity index (χ0n) is 38.9. The van der Waals surface area contributed by atoms with Crippen molar-refractivity contribution in [3.63, 3.8) is 0 Å². The number of nitrogens with zero attached hydrogens (tertiary/aromatic N) is 6. The molecule has 0 saturated heterocycles. The summed E-state index contributed by atoms with van der Waals surface area (Å²) in [4.78, 5) is 29.8. The van der Waals surface area contributed by atoms with E-state index in [1.807, 2.05) is 0 Å². The number of aromatic nitrogens is 6. The third-order valence-corrected chi connectivity index (χ3v) is 13.0. The zero-order chi connectivity index (χ0) is 46.5. The van der Waals surface area contributed by atoms with Crippen LogP contribution in [0.5, 0.6) is 11.5 Å². The fourth-order valence-electron chi connectivity index (χ4n) is 8.80. The van der Waals surface area contributed by atoms with E-state index in [1.165, 1.54) is 22.3 Å². The lowest BCUT2D eigenvalue weighted by atomic mass is 9.74. The van der Waals surface area contributed by atoms with Crippen molar-refractivity contribution in [3.05, 3.63) is 215 Å². The summed E-state index contributed by atoms with van der Waals surface area (Å²) in [6.07, 6.45) is 0.